The minimum absolute atomic E-state index is 0.167. The molecular formula is C8H6Cl2FNO. The predicted molar refractivity (Wildman–Crippen MR) is 47.7 cm³/mol. The van der Waals surface area contributed by atoms with Crippen LogP contribution in [0.1, 0.15) is 5.56 Å². The standard InChI is InChI=1S/C8H6Cl2FNO/c9-7-4(1-5-3-13-5)2-6(11)8(10)12-7/h2,5H,1,3H2. The van der Waals surface area contributed by atoms with E-state index in [-0.39, 0.29) is 16.4 Å². The first-order chi connectivity index (χ1) is 6.16. The molecule has 1 atom stereocenters. The van der Waals surface area contributed by atoms with Gasteiger partial charge in [0.25, 0.3) is 0 Å². The van der Waals surface area contributed by atoms with Gasteiger partial charge in [-0.05, 0) is 11.6 Å². The van der Waals surface area contributed by atoms with Crippen molar-refractivity contribution in [3.63, 3.8) is 0 Å². The first kappa shape index (κ1) is 9.19. The molecule has 2 rings (SSSR count). The van der Waals surface area contributed by atoms with Crippen LogP contribution in [0, 0.1) is 5.82 Å². The first-order valence-electron chi connectivity index (χ1n) is 3.79. The summed E-state index contributed by atoms with van der Waals surface area (Å²) in [4.78, 5) is 3.65. The van der Waals surface area contributed by atoms with Crippen LogP contribution >= 0.6 is 23.2 Å². The van der Waals surface area contributed by atoms with Gasteiger partial charge in [0.2, 0.25) is 0 Å². The molecule has 13 heavy (non-hydrogen) atoms. The third kappa shape index (κ3) is 2.10. The average molecular weight is 222 g/mol. The zero-order chi connectivity index (χ0) is 9.42. The highest BCUT2D eigenvalue weighted by Crippen LogP contribution is 2.24. The van der Waals surface area contributed by atoms with Crippen molar-refractivity contribution < 1.29 is 9.13 Å². The lowest BCUT2D eigenvalue weighted by atomic mass is 10.2. The molecule has 1 aromatic rings. The van der Waals surface area contributed by atoms with Crippen LogP contribution in [-0.4, -0.2) is 17.7 Å². The van der Waals surface area contributed by atoms with Gasteiger partial charge in [-0.2, -0.15) is 0 Å². The quantitative estimate of drug-likeness (QED) is 0.567. The molecule has 2 heterocycles. The predicted octanol–water partition coefficient (Wildman–Crippen LogP) is 2.47. The molecule has 1 saturated heterocycles. The molecule has 0 bridgehead atoms. The van der Waals surface area contributed by atoms with Crippen molar-refractivity contribution in [2.24, 2.45) is 0 Å². The number of epoxide rings is 1. The molecule has 1 aromatic heterocycles. The van der Waals surface area contributed by atoms with Crippen molar-refractivity contribution in [2.75, 3.05) is 6.61 Å². The highest BCUT2D eigenvalue weighted by atomic mass is 35.5. The van der Waals surface area contributed by atoms with E-state index in [2.05, 4.69) is 4.98 Å². The number of nitrogens with zero attached hydrogens (tertiary/aromatic N) is 1. The summed E-state index contributed by atoms with van der Waals surface area (Å²) in [5.74, 6) is -0.540. The van der Waals surface area contributed by atoms with Gasteiger partial charge in [0.15, 0.2) is 11.0 Å². The average Bonchev–Trinajstić information content (AvgIpc) is 2.84. The van der Waals surface area contributed by atoms with Crippen molar-refractivity contribution in [3.05, 3.63) is 27.8 Å². The Kier molecular flexibility index (Phi) is 2.41. The van der Waals surface area contributed by atoms with Crippen molar-refractivity contribution in [1.82, 2.24) is 4.98 Å². The lowest BCUT2D eigenvalue weighted by Gasteiger charge is -2.02. The molecule has 1 aliphatic heterocycles. The van der Waals surface area contributed by atoms with Crippen LogP contribution in [-0.2, 0) is 11.2 Å². The highest BCUT2D eigenvalue weighted by molar-refractivity contribution is 6.32. The summed E-state index contributed by atoms with van der Waals surface area (Å²) in [5.41, 5.74) is 0.645. The van der Waals surface area contributed by atoms with Gasteiger partial charge >= 0.3 is 0 Å². The van der Waals surface area contributed by atoms with Crippen LogP contribution in [0.15, 0.2) is 6.07 Å². The molecule has 0 aliphatic carbocycles. The fourth-order valence-corrected chi connectivity index (χ4v) is 1.46. The number of hydrogen-bond acceptors (Lipinski definition) is 2. The molecule has 2 nitrogen and oxygen atoms in total. The number of aromatic nitrogens is 1. The lowest BCUT2D eigenvalue weighted by Crippen LogP contribution is -1.97. The van der Waals surface area contributed by atoms with E-state index in [1.165, 1.54) is 6.07 Å². The first-order valence-corrected chi connectivity index (χ1v) is 4.54. The number of ether oxygens (including phenoxy) is 1. The van der Waals surface area contributed by atoms with Crippen molar-refractivity contribution in [2.45, 2.75) is 12.5 Å². The Morgan fingerprint density at radius 1 is 1.54 bits per heavy atom. The minimum atomic E-state index is -0.540. The van der Waals surface area contributed by atoms with Crippen LogP contribution in [0.25, 0.3) is 0 Å². The fraction of sp³-hybridized carbons (Fsp3) is 0.375. The minimum Gasteiger partial charge on any atom is -0.373 e. The maximum Gasteiger partial charge on any atom is 0.166 e. The third-order valence-corrected chi connectivity index (χ3v) is 2.40. The second kappa shape index (κ2) is 3.40. The van der Waals surface area contributed by atoms with Gasteiger partial charge in [-0.25, -0.2) is 9.37 Å². The van der Waals surface area contributed by atoms with Gasteiger partial charge in [0.05, 0.1) is 12.7 Å². The van der Waals surface area contributed by atoms with Crippen LogP contribution in [0.2, 0.25) is 10.3 Å². The summed E-state index contributed by atoms with van der Waals surface area (Å²) in [6.45, 7) is 0.709. The largest absolute Gasteiger partial charge is 0.373 e. The maximum atomic E-state index is 12.9. The summed E-state index contributed by atoms with van der Waals surface area (Å²) in [6.07, 6.45) is 0.764. The molecule has 1 unspecified atom stereocenters. The molecule has 0 radical (unpaired) electrons. The summed E-state index contributed by atoms with van der Waals surface area (Å²) in [6, 6.07) is 1.30. The van der Waals surface area contributed by atoms with E-state index in [4.69, 9.17) is 27.9 Å². The smallest absolute Gasteiger partial charge is 0.166 e. The summed E-state index contributed by atoms with van der Waals surface area (Å²) in [5, 5.41) is 0.0624. The van der Waals surface area contributed by atoms with Crippen LogP contribution < -0.4 is 0 Å². The lowest BCUT2D eigenvalue weighted by molar-refractivity contribution is 0.407. The molecule has 70 valence electrons. The van der Waals surface area contributed by atoms with E-state index in [1.807, 2.05) is 0 Å². The Morgan fingerprint density at radius 2 is 2.23 bits per heavy atom. The van der Waals surface area contributed by atoms with Gasteiger partial charge in [-0.1, -0.05) is 23.2 Å². The Balaban J connectivity index is 2.27. The Morgan fingerprint density at radius 3 is 2.85 bits per heavy atom. The molecule has 0 aromatic carbocycles. The van der Waals surface area contributed by atoms with Gasteiger partial charge in [0, 0.05) is 6.42 Å². The summed E-state index contributed by atoms with van der Waals surface area (Å²) in [7, 11) is 0. The van der Waals surface area contributed by atoms with E-state index in [1.54, 1.807) is 0 Å². The van der Waals surface area contributed by atoms with E-state index < -0.39 is 5.82 Å². The fourth-order valence-electron chi connectivity index (χ4n) is 1.06. The van der Waals surface area contributed by atoms with Crippen LogP contribution in [0.5, 0.6) is 0 Å². The van der Waals surface area contributed by atoms with Gasteiger partial charge in [-0.3, -0.25) is 0 Å². The van der Waals surface area contributed by atoms with Crippen molar-refractivity contribution in [3.8, 4) is 0 Å². The summed E-state index contributed by atoms with van der Waals surface area (Å²) < 4.78 is 17.9. The number of halogens is 3. The molecule has 0 amide bonds. The van der Waals surface area contributed by atoms with E-state index in [9.17, 15) is 4.39 Å². The molecule has 5 heteroatoms. The number of hydrogen-bond donors (Lipinski definition) is 0. The molecule has 1 aliphatic rings. The molecule has 0 spiro atoms. The highest BCUT2D eigenvalue weighted by Gasteiger charge is 2.24. The zero-order valence-electron chi connectivity index (χ0n) is 6.56. The Hall–Kier alpha value is -0.380. The Labute approximate surface area is 84.6 Å². The second-order valence-corrected chi connectivity index (χ2v) is 3.59. The van der Waals surface area contributed by atoms with Crippen molar-refractivity contribution >= 4 is 23.2 Å². The van der Waals surface area contributed by atoms with Crippen LogP contribution in [0.4, 0.5) is 4.39 Å². The third-order valence-electron chi connectivity index (χ3n) is 1.81. The molecule has 1 fully saturated rings. The van der Waals surface area contributed by atoms with Gasteiger partial charge in [0.1, 0.15) is 5.15 Å². The maximum absolute atomic E-state index is 12.9. The molecular weight excluding hydrogens is 216 g/mol. The topological polar surface area (TPSA) is 25.4 Å². The van der Waals surface area contributed by atoms with Crippen molar-refractivity contribution in [1.29, 1.82) is 0 Å². The molecule has 0 N–H and O–H groups in total. The number of pyridine rings is 1. The van der Waals surface area contributed by atoms with Crippen LogP contribution in [0.3, 0.4) is 0 Å². The van der Waals surface area contributed by atoms with E-state index >= 15 is 0 Å². The van der Waals surface area contributed by atoms with Gasteiger partial charge < -0.3 is 4.74 Å². The SMILES string of the molecule is Fc1cc(CC2CO2)c(Cl)nc1Cl. The molecule has 0 saturated carbocycles. The van der Waals surface area contributed by atoms with Gasteiger partial charge in [-0.15, -0.1) is 0 Å². The zero-order valence-corrected chi connectivity index (χ0v) is 8.07. The van der Waals surface area contributed by atoms with E-state index in [0.717, 1.165) is 0 Å². The number of rotatable bonds is 2. The second-order valence-electron chi connectivity index (χ2n) is 2.87. The monoisotopic (exact) mass is 221 g/mol. The Bertz CT molecular complexity index is 341. The normalized spacial score (nSPS) is 20.4. The van der Waals surface area contributed by atoms with E-state index in [0.29, 0.717) is 18.6 Å². The summed E-state index contributed by atoms with van der Waals surface area (Å²) >= 11 is 11.2.